The number of methoxy groups -OCH3 is 2. The summed E-state index contributed by atoms with van der Waals surface area (Å²) in [6, 6.07) is 11.1. The minimum Gasteiger partial charge on any atom is -0.493 e. The zero-order valence-electron chi connectivity index (χ0n) is 18.3. The normalized spacial score (nSPS) is 11.4. The topological polar surface area (TPSA) is 78.3 Å². The van der Waals surface area contributed by atoms with Crippen molar-refractivity contribution in [3.8, 4) is 33.5 Å². The molecule has 0 radical (unpaired) electrons. The van der Waals surface area contributed by atoms with Crippen molar-refractivity contribution in [2.45, 2.75) is 6.18 Å². The summed E-state index contributed by atoms with van der Waals surface area (Å²) < 4.78 is 50.3. The van der Waals surface area contributed by atoms with Gasteiger partial charge < -0.3 is 14.8 Å². The number of benzene rings is 2. The highest BCUT2D eigenvalue weighted by molar-refractivity contribution is 7.13. The summed E-state index contributed by atoms with van der Waals surface area (Å²) in [5, 5.41) is 9.58. The second-order valence-electron chi connectivity index (χ2n) is 7.18. The minimum atomic E-state index is -4.46. The average molecular weight is 488 g/mol. The van der Waals surface area contributed by atoms with Crippen molar-refractivity contribution >= 4 is 23.1 Å². The van der Waals surface area contributed by atoms with Gasteiger partial charge in [0.2, 0.25) is 0 Å². The molecule has 0 atom stereocenters. The van der Waals surface area contributed by atoms with Gasteiger partial charge in [-0.2, -0.15) is 18.3 Å². The Bertz CT molecular complexity index is 1330. The largest absolute Gasteiger partial charge is 0.493 e. The van der Waals surface area contributed by atoms with Crippen LogP contribution in [0.2, 0.25) is 0 Å². The summed E-state index contributed by atoms with van der Waals surface area (Å²) in [5.41, 5.74) is 1.39. The van der Waals surface area contributed by atoms with E-state index >= 15 is 0 Å². The summed E-state index contributed by atoms with van der Waals surface area (Å²) in [7, 11) is 4.77. The number of hydrogen-bond acceptors (Lipinski definition) is 6. The van der Waals surface area contributed by atoms with Gasteiger partial charge in [0, 0.05) is 29.6 Å². The molecule has 4 rings (SSSR count). The number of alkyl halides is 3. The minimum absolute atomic E-state index is 0.0979. The number of carbonyl (C=O) groups excluding carboxylic acids is 1. The Hall–Kier alpha value is -3.86. The van der Waals surface area contributed by atoms with Gasteiger partial charge in [-0.25, -0.2) is 4.98 Å². The van der Waals surface area contributed by atoms with Crippen LogP contribution in [-0.4, -0.2) is 34.9 Å². The van der Waals surface area contributed by atoms with Crippen molar-refractivity contribution in [3.05, 3.63) is 65.0 Å². The highest BCUT2D eigenvalue weighted by Crippen LogP contribution is 2.35. The number of aromatic nitrogens is 3. The first kappa shape index (κ1) is 23.3. The monoisotopic (exact) mass is 488 g/mol. The van der Waals surface area contributed by atoms with Crippen LogP contribution in [0.4, 0.5) is 19.0 Å². The van der Waals surface area contributed by atoms with E-state index in [1.807, 2.05) is 17.5 Å². The fourth-order valence-corrected chi connectivity index (χ4v) is 3.99. The Morgan fingerprint density at radius 2 is 1.71 bits per heavy atom. The number of amides is 1. The Morgan fingerprint density at radius 1 is 1.00 bits per heavy atom. The molecule has 2 heterocycles. The summed E-state index contributed by atoms with van der Waals surface area (Å²) in [4.78, 5) is 17.1. The average Bonchev–Trinajstić information content (AvgIpc) is 3.45. The highest BCUT2D eigenvalue weighted by atomic mass is 32.1. The smallest absolute Gasteiger partial charge is 0.416 e. The first-order valence-electron chi connectivity index (χ1n) is 9.90. The highest BCUT2D eigenvalue weighted by Gasteiger charge is 2.30. The SMILES string of the molecule is COc1ccc(-c2csc(-c3cc(NC(=O)c4ccc(C(F)(F)F)cc4)n(C)n3)n2)cc1OC. The Kier molecular flexibility index (Phi) is 6.29. The molecule has 0 bridgehead atoms. The van der Waals surface area contributed by atoms with Crippen LogP contribution in [0, 0.1) is 0 Å². The standard InChI is InChI=1S/C23H19F3N4O3S/c1-30-20(28-21(31)13-4-7-15(8-5-13)23(24,25)26)11-16(29-30)22-27-17(12-34-22)14-6-9-18(32-2)19(10-14)33-3/h4-12H,1-3H3,(H,28,31). The number of nitrogens with one attached hydrogen (secondary N) is 1. The number of thiazole rings is 1. The van der Waals surface area contributed by atoms with Gasteiger partial charge in [-0.3, -0.25) is 9.48 Å². The molecular weight excluding hydrogens is 469 g/mol. The van der Waals surface area contributed by atoms with Gasteiger partial charge in [-0.15, -0.1) is 11.3 Å². The molecule has 2 aromatic carbocycles. The van der Waals surface area contributed by atoms with Crippen molar-refractivity contribution < 1.29 is 27.4 Å². The van der Waals surface area contributed by atoms with E-state index in [0.29, 0.717) is 28.0 Å². The van der Waals surface area contributed by atoms with Crippen molar-refractivity contribution in [1.82, 2.24) is 14.8 Å². The van der Waals surface area contributed by atoms with Crippen LogP contribution in [0.15, 0.2) is 53.9 Å². The van der Waals surface area contributed by atoms with Gasteiger partial charge in [-0.05, 0) is 42.5 Å². The molecule has 0 aliphatic heterocycles. The van der Waals surface area contributed by atoms with E-state index in [9.17, 15) is 18.0 Å². The molecule has 4 aromatic rings. The lowest BCUT2D eigenvalue weighted by molar-refractivity contribution is -0.137. The zero-order valence-corrected chi connectivity index (χ0v) is 19.1. The summed E-state index contributed by atoms with van der Waals surface area (Å²) in [5.74, 6) is 1.02. The molecule has 0 aliphatic carbocycles. The fourth-order valence-electron chi connectivity index (χ4n) is 3.21. The quantitative estimate of drug-likeness (QED) is 0.388. The molecule has 1 N–H and O–H groups in total. The van der Waals surface area contributed by atoms with Gasteiger partial charge in [0.25, 0.3) is 5.91 Å². The van der Waals surface area contributed by atoms with E-state index in [4.69, 9.17) is 9.47 Å². The van der Waals surface area contributed by atoms with Gasteiger partial charge >= 0.3 is 6.18 Å². The number of anilines is 1. The third-order valence-electron chi connectivity index (χ3n) is 5.00. The van der Waals surface area contributed by atoms with E-state index in [1.54, 1.807) is 33.4 Å². The van der Waals surface area contributed by atoms with Crippen LogP contribution in [0.25, 0.3) is 22.0 Å². The van der Waals surface area contributed by atoms with Crippen LogP contribution in [0.5, 0.6) is 11.5 Å². The molecule has 7 nitrogen and oxygen atoms in total. The number of aryl methyl sites for hydroxylation is 1. The molecule has 2 aromatic heterocycles. The molecule has 0 spiro atoms. The number of carbonyl (C=O) groups is 1. The molecule has 1 amide bonds. The fraction of sp³-hybridized carbons (Fsp3) is 0.174. The van der Waals surface area contributed by atoms with E-state index < -0.39 is 17.6 Å². The van der Waals surface area contributed by atoms with Crippen LogP contribution >= 0.6 is 11.3 Å². The zero-order chi connectivity index (χ0) is 24.5. The summed E-state index contributed by atoms with van der Waals surface area (Å²) >= 11 is 1.38. The van der Waals surface area contributed by atoms with Gasteiger partial charge in [0.15, 0.2) is 11.5 Å². The molecule has 0 unspecified atom stereocenters. The molecule has 11 heteroatoms. The molecular formula is C23H19F3N4O3S. The first-order chi connectivity index (χ1) is 16.2. The molecule has 0 saturated heterocycles. The van der Waals surface area contributed by atoms with E-state index in [2.05, 4.69) is 15.4 Å². The number of rotatable bonds is 6. The molecule has 34 heavy (non-hydrogen) atoms. The lowest BCUT2D eigenvalue weighted by Gasteiger charge is -2.08. The molecule has 0 fully saturated rings. The van der Waals surface area contributed by atoms with Crippen molar-refractivity contribution in [2.24, 2.45) is 7.05 Å². The summed E-state index contributed by atoms with van der Waals surface area (Å²) in [6.45, 7) is 0. The van der Waals surface area contributed by atoms with E-state index in [0.717, 1.165) is 35.5 Å². The van der Waals surface area contributed by atoms with Gasteiger partial charge in [0.1, 0.15) is 16.5 Å². The Morgan fingerprint density at radius 3 is 2.35 bits per heavy atom. The molecule has 176 valence electrons. The van der Waals surface area contributed by atoms with Crippen LogP contribution in [0.1, 0.15) is 15.9 Å². The van der Waals surface area contributed by atoms with Crippen LogP contribution in [-0.2, 0) is 13.2 Å². The first-order valence-corrected chi connectivity index (χ1v) is 10.8. The summed E-state index contributed by atoms with van der Waals surface area (Å²) in [6.07, 6.45) is -4.46. The predicted molar refractivity (Wildman–Crippen MR) is 122 cm³/mol. The van der Waals surface area contributed by atoms with Crippen molar-refractivity contribution in [1.29, 1.82) is 0 Å². The lowest BCUT2D eigenvalue weighted by Crippen LogP contribution is -2.15. The van der Waals surface area contributed by atoms with E-state index in [-0.39, 0.29) is 5.56 Å². The predicted octanol–water partition coefficient (Wildman–Crippen LogP) is 5.50. The Balaban J connectivity index is 1.53. The van der Waals surface area contributed by atoms with E-state index in [1.165, 1.54) is 16.0 Å². The molecule has 0 saturated carbocycles. The van der Waals surface area contributed by atoms with Gasteiger partial charge in [0.05, 0.1) is 25.5 Å². The van der Waals surface area contributed by atoms with Gasteiger partial charge in [-0.1, -0.05) is 0 Å². The lowest BCUT2D eigenvalue weighted by atomic mass is 10.1. The third kappa shape index (κ3) is 4.74. The van der Waals surface area contributed by atoms with Crippen LogP contribution < -0.4 is 14.8 Å². The Labute approximate surface area is 196 Å². The number of halogens is 3. The second-order valence-corrected chi connectivity index (χ2v) is 8.03. The van der Waals surface area contributed by atoms with Crippen LogP contribution in [0.3, 0.4) is 0 Å². The maximum atomic E-state index is 12.7. The second kappa shape index (κ2) is 9.18. The molecule has 0 aliphatic rings. The maximum Gasteiger partial charge on any atom is 0.416 e. The third-order valence-corrected chi connectivity index (χ3v) is 5.86. The maximum absolute atomic E-state index is 12.7. The van der Waals surface area contributed by atoms with Crippen molar-refractivity contribution in [3.63, 3.8) is 0 Å². The number of nitrogens with zero attached hydrogens (tertiary/aromatic N) is 3. The number of ether oxygens (including phenoxy) is 2. The van der Waals surface area contributed by atoms with Crippen molar-refractivity contribution in [2.75, 3.05) is 19.5 Å². The number of hydrogen-bond donors (Lipinski definition) is 1.